The molecule has 1 aromatic heterocycles. The van der Waals surface area contributed by atoms with Crippen molar-refractivity contribution in [1.82, 2.24) is 9.97 Å². The van der Waals surface area contributed by atoms with E-state index in [2.05, 4.69) is 32.7 Å². The lowest BCUT2D eigenvalue weighted by atomic mass is 10.1. The summed E-state index contributed by atoms with van der Waals surface area (Å²) in [4.78, 5) is 8.50. The number of nitrogens with zero attached hydrogens (tertiary/aromatic N) is 2. The molecule has 134 valence electrons. The van der Waals surface area contributed by atoms with Crippen LogP contribution in [0.15, 0.2) is 67.0 Å². The Hall–Kier alpha value is -3.02. The smallest absolute Gasteiger partial charge is 0.159 e. The molecule has 0 amide bonds. The van der Waals surface area contributed by atoms with Crippen molar-refractivity contribution in [3.63, 3.8) is 0 Å². The van der Waals surface area contributed by atoms with E-state index < -0.39 is 0 Å². The minimum absolute atomic E-state index is 0.376. The third kappa shape index (κ3) is 3.47. The Morgan fingerprint density at radius 1 is 0.741 bits per heavy atom. The second-order valence-corrected chi connectivity index (χ2v) is 6.65. The van der Waals surface area contributed by atoms with Gasteiger partial charge in [-0.1, -0.05) is 65.7 Å². The topological polar surface area (TPSA) is 75.9 Å². The fraction of sp³-hybridized carbons (Fsp3) is 0. The number of aromatic nitrogens is 2. The first-order valence-corrected chi connectivity index (χ1v) is 8.95. The summed E-state index contributed by atoms with van der Waals surface area (Å²) in [6.07, 6.45) is 1.44. The Labute approximate surface area is 166 Å². The molecule has 0 bridgehead atoms. The molecule has 0 aliphatic carbocycles. The second-order valence-electron chi connectivity index (χ2n) is 5.86. The summed E-state index contributed by atoms with van der Waals surface area (Å²) < 4.78 is 0. The summed E-state index contributed by atoms with van der Waals surface area (Å²) in [7, 11) is 0. The average molecular weight is 396 g/mol. The van der Waals surface area contributed by atoms with Crippen LogP contribution >= 0.6 is 23.2 Å². The van der Waals surface area contributed by atoms with Crippen LogP contribution in [-0.2, 0) is 0 Å². The molecular formula is C20H15Cl2N5. The van der Waals surface area contributed by atoms with Crippen molar-refractivity contribution in [2.24, 2.45) is 0 Å². The van der Waals surface area contributed by atoms with E-state index in [-0.39, 0.29) is 0 Å². The molecule has 0 radical (unpaired) electrons. The van der Waals surface area contributed by atoms with E-state index in [1.165, 1.54) is 6.33 Å². The summed E-state index contributed by atoms with van der Waals surface area (Å²) in [6, 6.07) is 19.4. The number of benzene rings is 3. The van der Waals surface area contributed by atoms with Crippen LogP contribution in [0.5, 0.6) is 0 Å². The highest BCUT2D eigenvalue weighted by Crippen LogP contribution is 2.35. The summed E-state index contributed by atoms with van der Waals surface area (Å²) in [5.74, 6) is 0.943. The fourth-order valence-corrected chi connectivity index (χ4v) is 3.13. The van der Waals surface area contributed by atoms with E-state index in [9.17, 15) is 0 Å². The maximum absolute atomic E-state index is 6.29. The van der Waals surface area contributed by atoms with Crippen molar-refractivity contribution >= 4 is 62.7 Å². The van der Waals surface area contributed by atoms with E-state index in [4.69, 9.17) is 28.9 Å². The van der Waals surface area contributed by atoms with Gasteiger partial charge in [0.05, 0.1) is 15.7 Å². The van der Waals surface area contributed by atoms with E-state index in [0.29, 0.717) is 33.1 Å². The molecule has 0 saturated heterocycles. The summed E-state index contributed by atoms with van der Waals surface area (Å²) in [5, 5.41) is 9.45. The Balaban J connectivity index is 1.69. The third-order valence-electron chi connectivity index (χ3n) is 4.13. The molecule has 5 nitrogen and oxygen atoms in total. The molecule has 0 saturated carbocycles. The largest absolute Gasteiger partial charge is 0.393 e. The van der Waals surface area contributed by atoms with Crippen LogP contribution in [-0.4, -0.2) is 9.97 Å². The van der Waals surface area contributed by atoms with E-state index in [1.54, 1.807) is 18.2 Å². The van der Waals surface area contributed by atoms with E-state index in [1.807, 2.05) is 30.3 Å². The lowest BCUT2D eigenvalue weighted by molar-refractivity contribution is 1.17. The Bertz CT molecular complexity index is 1130. The first-order valence-electron chi connectivity index (χ1n) is 8.20. The molecule has 0 fully saturated rings. The van der Waals surface area contributed by atoms with Gasteiger partial charge in [0.2, 0.25) is 0 Å². The number of hydrogen-bond donors (Lipinski definition) is 3. The molecule has 4 rings (SSSR count). The number of rotatable bonds is 4. The highest BCUT2D eigenvalue weighted by atomic mass is 35.5. The molecule has 7 heteroatoms. The minimum atomic E-state index is 0.376. The van der Waals surface area contributed by atoms with Gasteiger partial charge in [0.15, 0.2) is 11.6 Å². The van der Waals surface area contributed by atoms with Crippen molar-refractivity contribution in [1.29, 1.82) is 0 Å². The zero-order valence-corrected chi connectivity index (χ0v) is 15.6. The zero-order chi connectivity index (χ0) is 18.8. The Morgan fingerprint density at radius 3 is 2.19 bits per heavy atom. The third-order valence-corrected chi connectivity index (χ3v) is 4.95. The predicted octanol–water partition coefficient (Wildman–Crippen LogP) is 6.01. The summed E-state index contributed by atoms with van der Waals surface area (Å²) >= 11 is 12.3. The lowest BCUT2D eigenvalue weighted by Gasteiger charge is -2.14. The van der Waals surface area contributed by atoms with Crippen LogP contribution < -0.4 is 16.4 Å². The van der Waals surface area contributed by atoms with Crippen molar-refractivity contribution in [3.8, 4) is 0 Å². The van der Waals surface area contributed by atoms with E-state index in [0.717, 1.165) is 16.5 Å². The molecule has 0 atom stereocenters. The van der Waals surface area contributed by atoms with Gasteiger partial charge in [-0.15, -0.1) is 0 Å². The molecule has 4 aromatic rings. The molecule has 27 heavy (non-hydrogen) atoms. The first-order chi connectivity index (χ1) is 13.1. The van der Waals surface area contributed by atoms with Crippen LogP contribution in [0.2, 0.25) is 10.0 Å². The van der Waals surface area contributed by atoms with Crippen molar-refractivity contribution in [2.75, 3.05) is 16.4 Å². The molecule has 0 aliphatic rings. The van der Waals surface area contributed by atoms with Gasteiger partial charge in [-0.2, -0.15) is 0 Å². The first kappa shape index (κ1) is 17.4. The monoisotopic (exact) mass is 395 g/mol. The number of fused-ring (bicyclic) bond motifs is 1. The van der Waals surface area contributed by atoms with Gasteiger partial charge >= 0.3 is 0 Å². The van der Waals surface area contributed by atoms with Gasteiger partial charge in [-0.05, 0) is 23.6 Å². The molecule has 0 spiro atoms. The van der Waals surface area contributed by atoms with Crippen molar-refractivity contribution in [2.45, 2.75) is 0 Å². The quantitative estimate of drug-likeness (QED) is 0.394. The van der Waals surface area contributed by atoms with Gasteiger partial charge in [0.1, 0.15) is 12.0 Å². The van der Waals surface area contributed by atoms with E-state index >= 15 is 0 Å². The maximum Gasteiger partial charge on any atom is 0.159 e. The summed E-state index contributed by atoms with van der Waals surface area (Å²) in [6.45, 7) is 0. The number of nitrogens with two attached hydrogens (primary N) is 1. The average Bonchev–Trinajstić information content (AvgIpc) is 2.69. The molecule has 1 heterocycles. The van der Waals surface area contributed by atoms with Crippen LogP contribution in [0.25, 0.3) is 10.8 Å². The van der Waals surface area contributed by atoms with Gasteiger partial charge in [0, 0.05) is 11.1 Å². The van der Waals surface area contributed by atoms with Crippen LogP contribution in [0.1, 0.15) is 0 Å². The second kappa shape index (κ2) is 7.31. The number of halogens is 2. The van der Waals surface area contributed by atoms with Crippen LogP contribution in [0.4, 0.5) is 28.7 Å². The van der Waals surface area contributed by atoms with Crippen LogP contribution in [0.3, 0.4) is 0 Å². The Morgan fingerprint density at radius 2 is 1.37 bits per heavy atom. The molecule has 0 unspecified atom stereocenters. The Kier molecular flexibility index (Phi) is 4.71. The highest BCUT2D eigenvalue weighted by molar-refractivity contribution is 6.43. The lowest BCUT2D eigenvalue weighted by Crippen LogP contribution is -2.05. The molecule has 4 N–H and O–H groups in total. The van der Waals surface area contributed by atoms with Crippen LogP contribution in [0, 0.1) is 0 Å². The van der Waals surface area contributed by atoms with Gasteiger partial charge in [0.25, 0.3) is 0 Å². The molecule has 3 aromatic carbocycles. The zero-order valence-electron chi connectivity index (χ0n) is 14.1. The maximum atomic E-state index is 6.29. The van der Waals surface area contributed by atoms with Crippen molar-refractivity contribution < 1.29 is 0 Å². The molecule has 0 aliphatic heterocycles. The number of hydrogen-bond acceptors (Lipinski definition) is 5. The number of nitrogens with one attached hydrogen (secondary N) is 2. The molecular weight excluding hydrogens is 381 g/mol. The normalized spacial score (nSPS) is 10.7. The number of nitrogen functional groups attached to an aromatic ring is 1. The minimum Gasteiger partial charge on any atom is -0.393 e. The van der Waals surface area contributed by atoms with Gasteiger partial charge in [-0.3, -0.25) is 0 Å². The predicted molar refractivity (Wildman–Crippen MR) is 113 cm³/mol. The summed E-state index contributed by atoms with van der Waals surface area (Å²) in [5.41, 5.74) is 8.19. The van der Waals surface area contributed by atoms with Gasteiger partial charge in [-0.25, -0.2) is 9.97 Å². The highest BCUT2D eigenvalue weighted by Gasteiger charge is 2.12. The van der Waals surface area contributed by atoms with Gasteiger partial charge < -0.3 is 16.4 Å². The standard InChI is InChI=1S/C20H15Cl2N5/c21-14-8-4-10-16(17(14)22)27-20-18(23)19(24-11-25-20)26-15-9-3-6-12-5-1-2-7-13(12)15/h1-11H,23H2,(H2,24,25,26,27). The fourth-order valence-electron chi connectivity index (χ4n) is 2.78. The SMILES string of the molecule is Nc1c(Nc2cccc(Cl)c2Cl)ncnc1Nc1cccc2ccccc12. The number of anilines is 5. The van der Waals surface area contributed by atoms with Crippen molar-refractivity contribution in [3.05, 3.63) is 77.0 Å².